The van der Waals surface area contributed by atoms with Gasteiger partial charge in [-0.1, -0.05) is 38.6 Å². The van der Waals surface area contributed by atoms with Crippen LogP contribution in [0.4, 0.5) is 0 Å². The molecule has 0 saturated carbocycles. The molecule has 14 heavy (non-hydrogen) atoms. The summed E-state index contributed by atoms with van der Waals surface area (Å²) in [5, 5.41) is 1.42. The fourth-order valence-corrected chi connectivity index (χ4v) is 2.32. The summed E-state index contributed by atoms with van der Waals surface area (Å²) in [6.07, 6.45) is 0. The molecule has 0 aliphatic rings. The minimum absolute atomic E-state index is 0.204. The van der Waals surface area contributed by atoms with Crippen LogP contribution >= 0.6 is 23.1 Å². The lowest BCUT2D eigenvalue weighted by atomic mass is 10.3. The van der Waals surface area contributed by atoms with E-state index in [1.54, 1.807) is 17.5 Å². The van der Waals surface area contributed by atoms with E-state index in [0.717, 1.165) is 11.8 Å². The molecule has 0 aliphatic heterocycles. The zero-order valence-corrected chi connectivity index (χ0v) is 10.00. The van der Waals surface area contributed by atoms with E-state index in [2.05, 4.69) is 0 Å². The van der Waals surface area contributed by atoms with Crippen LogP contribution in [0.1, 0.15) is 30.4 Å². The number of thioether (sulfide) groups is 1. The summed E-state index contributed by atoms with van der Waals surface area (Å²) in [7, 11) is 0. The normalized spacial score (nSPS) is 11.4. The van der Waals surface area contributed by atoms with Gasteiger partial charge in [0.25, 0.3) is 5.12 Å². The Morgan fingerprint density at radius 2 is 2.00 bits per heavy atom. The third kappa shape index (κ3) is 3.27. The zero-order chi connectivity index (χ0) is 10.8. The third-order valence-electron chi connectivity index (χ3n) is 1.33. The Balaban J connectivity index is 2.68. The Hall–Kier alpha value is -0.610. The van der Waals surface area contributed by atoms with Crippen LogP contribution in [0.5, 0.6) is 0 Å². The molecule has 1 rings (SSSR count). The van der Waals surface area contributed by atoms with Gasteiger partial charge in [-0.15, -0.1) is 11.3 Å². The first-order valence-electron chi connectivity index (χ1n) is 4.21. The Kier molecular flexibility index (Phi) is 3.50. The van der Waals surface area contributed by atoms with Gasteiger partial charge in [-0.3, -0.25) is 9.59 Å². The van der Waals surface area contributed by atoms with E-state index >= 15 is 0 Å². The number of carbonyl (C=O) groups excluding carboxylic acids is 2. The van der Waals surface area contributed by atoms with Crippen LogP contribution in [0.3, 0.4) is 0 Å². The largest absolute Gasteiger partial charge is 0.283 e. The molecule has 4 heteroatoms. The van der Waals surface area contributed by atoms with E-state index in [4.69, 9.17) is 0 Å². The van der Waals surface area contributed by atoms with Gasteiger partial charge in [-0.05, 0) is 11.4 Å². The average Bonchev–Trinajstić information content (AvgIpc) is 2.51. The summed E-state index contributed by atoms with van der Waals surface area (Å²) < 4.78 is -0.204. The standard InChI is InChI=1S/C10H12O2S2/c1-10(2,3)14-9(12)8(11)7-5-4-6-13-7/h4-6H,1-3H3. The molecule has 0 saturated heterocycles. The van der Waals surface area contributed by atoms with E-state index in [0.29, 0.717) is 4.88 Å². The van der Waals surface area contributed by atoms with Crippen LogP contribution in [0.2, 0.25) is 0 Å². The van der Waals surface area contributed by atoms with Crippen LogP contribution in [-0.4, -0.2) is 15.6 Å². The molecular formula is C10H12O2S2. The van der Waals surface area contributed by atoms with Crippen LogP contribution in [-0.2, 0) is 4.79 Å². The Morgan fingerprint density at radius 1 is 1.36 bits per heavy atom. The number of carbonyl (C=O) groups is 2. The number of Topliss-reactive ketones (excluding diaryl/α,β-unsaturated/α-hetero) is 1. The van der Waals surface area contributed by atoms with Gasteiger partial charge in [-0.25, -0.2) is 0 Å². The van der Waals surface area contributed by atoms with E-state index in [9.17, 15) is 9.59 Å². The molecule has 0 aliphatic carbocycles. The Morgan fingerprint density at radius 3 is 2.43 bits per heavy atom. The molecule has 0 amide bonds. The first kappa shape index (κ1) is 11.5. The van der Waals surface area contributed by atoms with Crippen molar-refractivity contribution in [1.29, 1.82) is 0 Å². The van der Waals surface area contributed by atoms with Crippen molar-refractivity contribution >= 4 is 34.0 Å². The maximum absolute atomic E-state index is 11.5. The maximum Gasteiger partial charge on any atom is 0.261 e. The smallest absolute Gasteiger partial charge is 0.261 e. The third-order valence-corrected chi connectivity index (χ3v) is 3.18. The second-order valence-electron chi connectivity index (χ2n) is 3.81. The quantitative estimate of drug-likeness (QED) is 0.576. The van der Waals surface area contributed by atoms with Gasteiger partial charge in [0.2, 0.25) is 5.78 Å². The summed E-state index contributed by atoms with van der Waals surface area (Å²) in [6.45, 7) is 5.74. The highest BCUT2D eigenvalue weighted by Crippen LogP contribution is 2.26. The van der Waals surface area contributed by atoms with Crippen LogP contribution in [0.25, 0.3) is 0 Å². The molecule has 0 aromatic carbocycles. The van der Waals surface area contributed by atoms with Crippen LogP contribution in [0.15, 0.2) is 17.5 Å². The summed E-state index contributed by atoms with van der Waals surface area (Å²) in [6, 6.07) is 3.45. The monoisotopic (exact) mass is 228 g/mol. The summed E-state index contributed by atoms with van der Waals surface area (Å²) in [4.78, 5) is 23.5. The zero-order valence-electron chi connectivity index (χ0n) is 8.37. The highest BCUT2D eigenvalue weighted by atomic mass is 32.2. The lowest BCUT2D eigenvalue weighted by Crippen LogP contribution is -2.17. The lowest BCUT2D eigenvalue weighted by Gasteiger charge is -2.14. The molecule has 0 N–H and O–H groups in total. The molecule has 0 bridgehead atoms. The molecule has 0 radical (unpaired) electrons. The van der Waals surface area contributed by atoms with Crippen LogP contribution < -0.4 is 0 Å². The molecule has 0 fully saturated rings. The minimum Gasteiger partial charge on any atom is -0.283 e. The molecule has 1 heterocycles. The molecule has 76 valence electrons. The first-order valence-corrected chi connectivity index (χ1v) is 5.91. The molecule has 1 aromatic rings. The van der Waals surface area contributed by atoms with Crippen molar-refractivity contribution in [2.75, 3.05) is 0 Å². The molecule has 0 atom stereocenters. The summed E-state index contributed by atoms with van der Waals surface area (Å²) in [5.41, 5.74) is 0. The molecule has 0 spiro atoms. The molecule has 0 unspecified atom stereocenters. The number of hydrogen-bond donors (Lipinski definition) is 0. The van der Waals surface area contributed by atoms with E-state index in [1.807, 2.05) is 20.8 Å². The maximum atomic E-state index is 11.5. The van der Waals surface area contributed by atoms with Gasteiger partial charge in [-0.2, -0.15) is 0 Å². The van der Waals surface area contributed by atoms with Crippen molar-refractivity contribution in [3.63, 3.8) is 0 Å². The van der Waals surface area contributed by atoms with Gasteiger partial charge >= 0.3 is 0 Å². The van der Waals surface area contributed by atoms with Gasteiger partial charge in [0, 0.05) is 4.75 Å². The predicted molar refractivity (Wildman–Crippen MR) is 61.0 cm³/mol. The van der Waals surface area contributed by atoms with Gasteiger partial charge in [0.15, 0.2) is 0 Å². The van der Waals surface area contributed by atoms with E-state index in [1.165, 1.54) is 11.3 Å². The van der Waals surface area contributed by atoms with Crippen molar-refractivity contribution < 1.29 is 9.59 Å². The summed E-state index contributed by atoms with van der Waals surface area (Å²) in [5.74, 6) is -0.389. The number of thiophene rings is 1. The molecule has 2 nitrogen and oxygen atoms in total. The van der Waals surface area contributed by atoms with Gasteiger partial charge in [0.1, 0.15) is 0 Å². The summed E-state index contributed by atoms with van der Waals surface area (Å²) >= 11 is 2.38. The van der Waals surface area contributed by atoms with Crippen molar-refractivity contribution in [2.45, 2.75) is 25.5 Å². The van der Waals surface area contributed by atoms with Crippen molar-refractivity contribution in [3.05, 3.63) is 22.4 Å². The average molecular weight is 228 g/mol. The highest BCUT2D eigenvalue weighted by molar-refractivity contribution is 8.16. The van der Waals surface area contributed by atoms with Crippen molar-refractivity contribution in [3.8, 4) is 0 Å². The van der Waals surface area contributed by atoms with Gasteiger partial charge in [0.05, 0.1) is 4.88 Å². The van der Waals surface area contributed by atoms with Gasteiger partial charge < -0.3 is 0 Å². The predicted octanol–water partition coefficient (Wildman–Crippen LogP) is 2.99. The number of ketones is 1. The Labute approximate surface area is 91.7 Å². The van der Waals surface area contributed by atoms with Crippen molar-refractivity contribution in [1.82, 2.24) is 0 Å². The number of hydrogen-bond acceptors (Lipinski definition) is 4. The molecule has 1 aromatic heterocycles. The number of rotatable bonds is 2. The second-order valence-corrected chi connectivity index (χ2v) is 6.56. The van der Waals surface area contributed by atoms with Crippen LogP contribution in [0, 0.1) is 0 Å². The topological polar surface area (TPSA) is 34.1 Å². The first-order chi connectivity index (χ1) is 6.40. The lowest BCUT2D eigenvalue weighted by molar-refractivity contribution is -0.107. The molecular weight excluding hydrogens is 216 g/mol. The SMILES string of the molecule is CC(C)(C)SC(=O)C(=O)c1cccs1. The second kappa shape index (κ2) is 4.28. The fraction of sp³-hybridized carbons (Fsp3) is 0.400. The minimum atomic E-state index is -0.389. The van der Waals surface area contributed by atoms with E-state index in [-0.39, 0.29) is 15.6 Å². The highest BCUT2D eigenvalue weighted by Gasteiger charge is 2.24. The fourth-order valence-electron chi connectivity index (χ4n) is 0.833. The van der Waals surface area contributed by atoms with Crippen molar-refractivity contribution in [2.24, 2.45) is 0 Å². The van der Waals surface area contributed by atoms with E-state index < -0.39 is 0 Å². The Bertz CT molecular complexity index is 334.